The van der Waals surface area contributed by atoms with Crippen molar-refractivity contribution in [3.63, 3.8) is 0 Å². The first-order valence-electron chi connectivity index (χ1n) is 14.4. The van der Waals surface area contributed by atoms with Crippen molar-refractivity contribution in [3.8, 4) is 0 Å². The minimum absolute atomic E-state index is 0.0980. The molecule has 0 radical (unpaired) electrons. The van der Waals surface area contributed by atoms with E-state index in [1.807, 2.05) is 0 Å². The molecule has 1 spiro atoms. The molecule has 14 heteroatoms. The highest BCUT2D eigenvalue weighted by Gasteiger charge is 2.86. The van der Waals surface area contributed by atoms with Crippen molar-refractivity contribution in [2.24, 2.45) is 11.3 Å². The number of hydrogen-bond acceptors (Lipinski definition) is 14. The Kier molecular flexibility index (Phi) is 8.11. The van der Waals surface area contributed by atoms with E-state index in [-0.39, 0.29) is 24.4 Å². The molecule has 2 saturated carbocycles. The van der Waals surface area contributed by atoms with Crippen LogP contribution < -0.4 is 0 Å². The average Bonchev–Trinajstić information content (AvgIpc) is 3.68. The zero-order valence-corrected chi connectivity index (χ0v) is 25.7. The highest BCUT2D eigenvalue weighted by Crippen LogP contribution is 2.69. The third-order valence-electron chi connectivity index (χ3n) is 9.11. The van der Waals surface area contributed by atoms with E-state index in [0.717, 1.165) is 20.8 Å². The summed E-state index contributed by atoms with van der Waals surface area (Å²) in [6.45, 7) is 7.52. The van der Waals surface area contributed by atoms with Crippen molar-refractivity contribution < 1.29 is 66.3 Å². The zero-order valence-electron chi connectivity index (χ0n) is 25.7. The van der Waals surface area contributed by atoms with E-state index in [1.54, 1.807) is 13.8 Å². The van der Waals surface area contributed by atoms with Crippen LogP contribution in [0.15, 0.2) is 45.6 Å². The van der Waals surface area contributed by atoms with E-state index >= 15 is 0 Å². The maximum Gasteiger partial charge on any atom is 0.374 e. The Morgan fingerprint density at radius 1 is 0.822 bits per heavy atom. The maximum atomic E-state index is 13.5. The Hall–Kier alpha value is -4.17. The van der Waals surface area contributed by atoms with Crippen molar-refractivity contribution >= 4 is 29.8 Å². The molecule has 1 saturated heterocycles. The quantitative estimate of drug-likeness (QED) is 0.330. The number of carbonyl (C=O) groups excluding carboxylic acids is 5. The van der Waals surface area contributed by atoms with Crippen LogP contribution >= 0.6 is 0 Å². The summed E-state index contributed by atoms with van der Waals surface area (Å²) in [5, 5.41) is 12.5. The molecule has 1 aliphatic heterocycles. The first-order chi connectivity index (χ1) is 21.1. The molecule has 5 rings (SSSR count). The van der Waals surface area contributed by atoms with Gasteiger partial charge < -0.3 is 42.4 Å². The molecular formula is C31H36O14. The molecular weight excluding hydrogens is 596 g/mol. The molecule has 2 bridgehead atoms. The second kappa shape index (κ2) is 11.3. The molecule has 1 N–H and O–H groups in total. The minimum Gasteiger partial charge on any atom is -0.465 e. The number of aliphatic hydroxyl groups is 1. The molecule has 244 valence electrons. The van der Waals surface area contributed by atoms with Crippen molar-refractivity contribution in [2.45, 2.75) is 95.6 Å². The summed E-state index contributed by atoms with van der Waals surface area (Å²) in [5.41, 5.74) is -7.39. The second-order valence-electron chi connectivity index (χ2n) is 12.4. The van der Waals surface area contributed by atoms with Gasteiger partial charge in [0.05, 0.1) is 23.7 Å². The lowest BCUT2D eigenvalue weighted by Gasteiger charge is -2.65. The molecule has 2 aliphatic carbocycles. The van der Waals surface area contributed by atoms with Gasteiger partial charge in [0.15, 0.2) is 11.7 Å². The second-order valence-corrected chi connectivity index (χ2v) is 12.4. The van der Waals surface area contributed by atoms with Gasteiger partial charge in [-0.15, -0.1) is 0 Å². The largest absolute Gasteiger partial charge is 0.465 e. The van der Waals surface area contributed by atoms with Crippen LogP contribution in [0.4, 0.5) is 0 Å². The lowest BCUT2D eigenvalue weighted by atomic mass is 9.46. The van der Waals surface area contributed by atoms with Crippen LogP contribution in [0.3, 0.4) is 0 Å². The van der Waals surface area contributed by atoms with Gasteiger partial charge in [0.1, 0.15) is 30.3 Å². The molecule has 3 aliphatic rings. The van der Waals surface area contributed by atoms with Gasteiger partial charge >= 0.3 is 29.8 Å². The first kappa shape index (κ1) is 32.2. The molecule has 2 aromatic rings. The number of hydrogen-bond donors (Lipinski definition) is 1. The number of fused-ring (bicyclic) bond motifs is 1. The molecule has 2 aromatic heterocycles. The smallest absolute Gasteiger partial charge is 0.374 e. The number of esters is 5. The zero-order chi connectivity index (χ0) is 32.9. The Bertz CT molecular complexity index is 1460. The van der Waals surface area contributed by atoms with Crippen molar-refractivity contribution in [1.29, 1.82) is 0 Å². The van der Waals surface area contributed by atoms with Crippen molar-refractivity contribution in [2.75, 3.05) is 6.61 Å². The van der Waals surface area contributed by atoms with E-state index in [9.17, 15) is 29.1 Å². The van der Waals surface area contributed by atoms with Gasteiger partial charge in [-0.25, -0.2) is 9.59 Å². The fourth-order valence-corrected chi connectivity index (χ4v) is 7.59. The monoisotopic (exact) mass is 632 g/mol. The highest BCUT2D eigenvalue weighted by molar-refractivity contribution is 5.87. The molecule has 0 aromatic carbocycles. The van der Waals surface area contributed by atoms with Gasteiger partial charge in [-0.05, 0) is 51.5 Å². The fourth-order valence-electron chi connectivity index (χ4n) is 7.59. The van der Waals surface area contributed by atoms with E-state index < -0.39 is 89.0 Å². The van der Waals surface area contributed by atoms with E-state index in [4.69, 9.17) is 37.3 Å². The maximum absolute atomic E-state index is 13.5. The summed E-state index contributed by atoms with van der Waals surface area (Å²) in [5.74, 6) is -5.19. The van der Waals surface area contributed by atoms with Crippen molar-refractivity contribution in [1.82, 2.24) is 0 Å². The topological polar surface area (TPSA) is 187 Å². The van der Waals surface area contributed by atoms with Gasteiger partial charge in [-0.3, -0.25) is 14.4 Å². The predicted octanol–water partition coefficient (Wildman–Crippen LogP) is 2.76. The Balaban J connectivity index is 1.79. The van der Waals surface area contributed by atoms with Gasteiger partial charge in [-0.2, -0.15) is 0 Å². The average molecular weight is 633 g/mol. The molecule has 14 nitrogen and oxygen atoms in total. The summed E-state index contributed by atoms with van der Waals surface area (Å²) in [6.07, 6.45) is -3.47. The lowest BCUT2D eigenvalue weighted by molar-refractivity contribution is -0.354. The SMILES string of the molecule is CC(=O)OCC12C(OC(=O)c3ccco3)CC3C(OC(=O)c4ccco4)C1(OC3(C)C)C(C)(O)CC(OC(C)=O)C2OC(C)=O. The predicted molar refractivity (Wildman–Crippen MR) is 147 cm³/mol. The van der Waals surface area contributed by atoms with Crippen LogP contribution in [0.2, 0.25) is 0 Å². The molecule has 45 heavy (non-hydrogen) atoms. The van der Waals surface area contributed by atoms with Gasteiger partial charge in [0, 0.05) is 33.1 Å². The van der Waals surface area contributed by atoms with E-state index in [2.05, 4.69) is 0 Å². The van der Waals surface area contributed by atoms with Crippen LogP contribution in [-0.2, 0) is 42.8 Å². The van der Waals surface area contributed by atoms with Crippen LogP contribution in [0.25, 0.3) is 0 Å². The van der Waals surface area contributed by atoms with E-state index in [1.165, 1.54) is 43.7 Å². The summed E-state index contributed by atoms with van der Waals surface area (Å²) < 4.78 is 46.6. The van der Waals surface area contributed by atoms with Crippen LogP contribution in [-0.4, -0.2) is 82.8 Å². The first-order valence-corrected chi connectivity index (χ1v) is 14.4. The standard InChI is InChI=1S/C31H36O14/c1-16(32)40-15-30-23(43-26(35)20-9-7-11-38-20)13-19-24(44-27(36)21-10-8-12-39-21)31(30,45-28(19,4)5)29(6,37)14-22(41-17(2)33)25(30)42-18(3)34/h7-12,19,22-25,37H,13-15H2,1-6H3. The van der Waals surface area contributed by atoms with E-state index in [0.29, 0.717) is 0 Å². The lowest BCUT2D eigenvalue weighted by Crippen LogP contribution is -2.83. The van der Waals surface area contributed by atoms with Crippen LogP contribution in [0, 0.1) is 11.3 Å². The molecule has 3 heterocycles. The number of furan rings is 2. The summed E-state index contributed by atoms with van der Waals surface area (Å²) in [4.78, 5) is 64.4. The number of ether oxygens (including phenoxy) is 6. The summed E-state index contributed by atoms with van der Waals surface area (Å²) >= 11 is 0. The number of carbonyl (C=O) groups is 5. The van der Waals surface area contributed by atoms with Gasteiger partial charge in [0.2, 0.25) is 11.5 Å². The normalized spacial score (nSPS) is 34.6. The fraction of sp³-hybridized carbons (Fsp3) is 0.581. The molecule has 3 fully saturated rings. The molecule has 0 amide bonds. The highest BCUT2D eigenvalue weighted by atomic mass is 16.6. The third kappa shape index (κ3) is 5.19. The molecule has 8 atom stereocenters. The van der Waals surface area contributed by atoms with Crippen LogP contribution in [0.1, 0.15) is 75.5 Å². The number of rotatable bonds is 8. The van der Waals surface area contributed by atoms with Gasteiger partial charge in [-0.1, -0.05) is 0 Å². The summed E-state index contributed by atoms with van der Waals surface area (Å²) in [6, 6.07) is 5.76. The van der Waals surface area contributed by atoms with Crippen molar-refractivity contribution in [3.05, 3.63) is 48.3 Å². The van der Waals surface area contributed by atoms with Gasteiger partial charge in [0.25, 0.3) is 0 Å². The minimum atomic E-state index is -2.10. The Morgan fingerprint density at radius 2 is 1.40 bits per heavy atom. The molecule has 8 unspecified atom stereocenters. The third-order valence-corrected chi connectivity index (χ3v) is 9.11. The Labute approximate surface area is 258 Å². The van der Waals surface area contributed by atoms with Crippen LogP contribution in [0.5, 0.6) is 0 Å². The summed E-state index contributed by atoms with van der Waals surface area (Å²) in [7, 11) is 0. The Morgan fingerprint density at radius 3 is 1.91 bits per heavy atom.